The van der Waals surface area contributed by atoms with Crippen molar-refractivity contribution < 1.29 is 13.9 Å². The van der Waals surface area contributed by atoms with Crippen LogP contribution in [0.5, 0.6) is 11.5 Å². The molecule has 3 atom stereocenters. The van der Waals surface area contributed by atoms with E-state index in [4.69, 9.17) is 21.1 Å². The van der Waals surface area contributed by atoms with Crippen LogP contribution in [0.4, 0.5) is 15.9 Å². The van der Waals surface area contributed by atoms with Gasteiger partial charge in [-0.1, -0.05) is 11.6 Å². The summed E-state index contributed by atoms with van der Waals surface area (Å²) in [5.74, 6) is 1.37. The fourth-order valence-electron chi connectivity index (χ4n) is 5.11. The van der Waals surface area contributed by atoms with Crippen molar-refractivity contribution >= 4 is 34.0 Å². The van der Waals surface area contributed by atoms with Crippen LogP contribution in [0.1, 0.15) is 38.5 Å². The number of piperidine rings is 2. The number of benzene rings is 2. The van der Waals surface area contributed by atoms with E-state index in [1.165, 1.54) is 44.1 Å². The van der Waals surface area contributed by atoms with Gasteiger partial charge in [0, 0.05) is 35.3 Å². The molecule has 2 aliphatic heterocycles. The number of nitrogens with zero attached hydrogens (tertiary/aromatic N) is 2. The van der Waals surface area contributed by atoms with Gasteiger partial charge in [0.25, 0.3) is 0 Å². The van der Waals surface area contributed by atoms with Gasteiger partial charge >= 0.3 is 0 Å². The van der Waals surface area contributed by atoms with Gasteiger partial charge in [-0.25, -0.2) is 14.4 Å². The summed E-state index contributed by atoms with van der Waals surface area (Å²) in [4.78, 5) is 8.74. The van der Waals surface area contributed by atoms with Gasteiger partial charge in [-0.05, 0) is 69.3 Å². The molecule has 0 amide bonds. The largest absolute Gasteiger partial charge is 0.493 e. The molecule has 2 saturated heterocycles. The van der Waals surface area contributed by atoms with Crippen molar-refractivity contribution in [3.63, 3.8) is 0 Å². The molecule has 186 valence electrons. The van der Waals surface area contributed by atoms with Gasteiger partial charge in [0.1, 0.15) is 18.0 Å². The van der Waals surface area contributed by atoms with Crippen LogP contribution in [0.25, 0.3) is 10.9 Å². The minimum Gasteiger partial charge on any atom is -0.493 e. The number of rotatable bonds is 8. The van der Waals surface area contributed by atoms with Gasteiger partial charge in [0.15, 0.2) is 11.5 Å². The molecule has 0 spiro atoms. The van der Waals surface area contributed by atoms with Crippen LogP contribution in [0.2, 0.25) is 5.02 Å². The zero-order valence-electron chi connectivity index (χ0n) is 19.8. The van der Waals surface area contributed by atoms with Crippen LogP contribution in [0.15, 0.2) is 36.7 Å². The topological polar surface area (TPSA) is 80.3 Å². The maximum atomic E-state index is 13.5. The SMILES string of the molecule is COc1cc2ncnc(Nc3ccc(F)c(Cl)c3)c2cc1OCCCC1CCC2NCCCC2N1. The maximum Gasteiger partial charge on any atom is 0.162 e. The van der Waals surface area contributed by atoms with Crippen molar-refractivity contribution in [2.75, 3.05) is 25.6 Å². The second-order valence-electron chi connectivity index (χ2n) is 9.24. The average molecular weight is 500 g/mol. The van der Waals surface area contributed by atoms with Gasteiger partial charge in [-0.15, -0.1) is 0 Å². The summed E-state index contributed by atoms with van der Waals surface area (Å²) in [6.45, 7) is 1.74. The van der Waals surface area contributed by atoms with E-state index in [1.54, 1.807) is 13.2 Å². The van der Waals surface area contributed by atoms with Gasteiger partial charge in [-0.3, -0.25) is 0 Å². The Morgan fingerprint density at radius 3 is 2.89 bits per heavy atom. The molecule has 0 bridgehead atoms. The third-order valence-corrected chi connectivity index (χ3v) is 7.21. The highest BCUT2D eigenvalue weighted by Gasteiger charge is 2.31. The van der Waals surface area contributed by atoms with Crippen LogP contribution < -0.4 is 25.4 Å². The minimum absolute atomic E-state index is 0.0433. The molecule has 2 aromatic carbocycles. The second kappa shape index (κ2) is 10.9. The smallest absolute Gasteiger partial charge is 0.162 e. The molecule has 0 aliphatic carbocycles. The number of anilines is 2. The average Bonchev–Trinajstić information content (AvgIpc) is 2.88. The molecule has 9 heteroatoms. The molecule has 7 nitrogen and oxygen atoms in total. The highest BCUT2D eigenvalue weighted by Crippen LogP contribution is 2.35. The number of ether oxygens (including phenoxy) is 2. The number of nitrogens with one attached hydrogen (secondary N) is 3. The summed E-state index contributed by atoms with van der Waals surface area (Å²) in [5.41, 5.74) is 1.34. The van der Waals surface area contributed by atoms with Gasteiger partial charge in [0.05, 0.1) is 24.3 Å². The lowest BCUT2D eigenvalue weighted by molar-refractivity contribution is 0.197. The quantitative estimate of drug-likeness (QED) is 0.367. The maximum absolute atomic E-state index is 13.5. The van der Waals surface area contributed by atoms with E-state index in [1.807, 2.05) is 12.1 Å². The first-order chi connectivity index (χ1) is 17.1. The van der Waals surface area contributed by atoms with Crippen LogP contribution >= 0.6 is 11.6 Å². The van der Waals surface area contributed by atoms with E-state index in [0.29, 0.717) is 53.3 Å². The first-order valence-electron chi connectivity index (χ1n) is 12.3. The fraction of sp³-hybridized carbons (Fsp3) is 0.462. The lowest BCUT2D eigenvalue weighted by Gasteiger charge is -2.41. The summed E-state index contributed by atoms with van der Waals surface area (Å²) >= 11 is 5.93. The van der Waals surface area contributed by atoms with Crippen LogP contribution in [0.3, 0.4) is 0 Å². The Bertz CT molecular complexity index is 1180. The van der Waals surface area contributed by atoms with Crippen molar-refractivity contribution in [3.8, 4) is 11.5 Å². The van der Waals surface area contributed by atoms with Crippen LogP contribution in [0, 0.1) is 5.82 Å². The van der Waals surface area contributed by atoms with E-state index in [0.717, 1.165) is 24.8 Å². The predicted molar refractivity (Wildman–Crippen MR) is 136 cm³/mol. The Kier molecular flexibility index (Phi) is 7.51. The Balaban J connectivity index is 1.25. The number of hydrogen-bond acceptors (Lipinski definition) is 7. The summed E-state index contributed by atoms with van der Waals surface area (Å²) in [5, 5.41) is 11.5. The minimum atomic E-state index is -0.469. The molecule has 0 radical (unpaired) electrons. The first kappa shape index (κ1) is 24.0. The van der Waals surface area contributed by atoms with E-state index >= 15 is 0 Å². The Morgan fingerprint density at radius 1 is 1.11 bits per heavy atom. The van der Waals surface area contributed by atoms with E-state index in [-0.39, 0.29) is 5.02 Å². The van der Waals surface area contributed by atoms with E-state index in [9.17, 15) is 4.39 Å². The van der Waals surface area contributed by atoms with Crippen LogP contribution in [-0.2, 0) is 0 Å². The third kappa shape index (κ3) is 5.60. The van der Waals surface area contributed by atoms with Crippen molar-refractivity contribution in [2.24, 2.45) is 0 Å². The second-order valence-corrected chi connectivity index (χ2v) is 9.64. The molecule has 0 saturated carbocycles. The first-order valence-corrected chi connectivity index (χ1v) is 12.7. The van der Waals surface area contributed by atoms with E-state index < -0.39 is 5.82 Å². The Labute approximate surface area is 209 Å². The predicted octanol–water partition coefficient (Wildman–Crippen LogP) is 5.21. The summed E-state index contributed by atoms with van der Waals surface area (Å²) in [6, 6.07) is 9.97. The van der Waals surface area contributed by atoms with Gasteiger partial charge < -0.3 is 25.4 Å². The Morgan fingerprint density at radius 2 is 2.03 bits per heavy atom. The molecule has 2 aliphatic rings. The summed E-state index contributed by atoms with van der Waals surface area (Å²) < 4.78 is 25.3. The van der Waals surface area contributed by atoms with Gasteiger partial charge in [-0.2, -0.15) is 0 Å². The number of hydrogen-bond donors (Lipinski definition) is 3. The monoisotopic (exact) mass is 499 g/mol. The Hall–Kier alpha value is -2.68. The third-order valence-electron chi connectivity index (χ3n) is 6.92. The molecular weight excluding hydrogens is 469 g/mol. The van der Waals surface area contributed by atoms with Crippen molar-refractivity contribution in [3.05, 3.63) is 47.5 Å². The van der Waals surface area contributed by atoms with Crippen molar-refractivity contribution in [2.45, 2.75) is 56.7 Å². The molecule has 3 aromatic rings. The molecule has 35 heavy (non-hydrogen) atoms. The van der Waals surface area contributed by atoms with Crippen molar-refractivity contribution in [1.82, 2.24) is 20.6 Å². The molecular formula is C26H31ClFN5O2. The number of methoxy groups -OCH3 is 1. The number of halogens is 2. The normalized spacial score (nSPS) is 22.0. The highest BCUT2D eigenvalue weighted by molar-refractivity contribution is 6.31. The fourth-order valence-corrected chi connectivity index (χ4v) is 5.29. The molecule has 3 N–H and O–H groups in total. The molecule has 1 aromatic heterocycles. The molecule has 3 unspecified atom stereocenters. The summed E-state index contributed by atoms with van der Waals surface area (Å²) in [7, 11) is 1.62. The zero-order valence-corrected chi connectivity index (χ0v) is 20.6. The van der Waals surface area contributed by atoms with E-state index in [2.05, 4.69) is 25.9 Å². The lowest BCUT2D eigenvalue weighted by Crippen LogP contribution is -2.58. The van der Waals surface area contributed by atoms with Gasteiger partial charge in [0.2, 0.25) is 0 Å². The van der Waals surface area contributed by atoms with Crippen LogP contribution in [-0.4, -0.2) is 48.4 Å². The highest BCUT2D eigenvalue weighted by atomic mass is 35.5. The molecule has 3 heterocycles. The lowest BCUT2D eigenvalue weighted by atomic mass is 9.87. The standard InChI is InChI=1S/C26H31ClFN5O2/c1-34-24-14-23-18(26(31-15-30-23)33-17-6-8-20(28)19(27)12-17)13-25(24)35-11-3-4-16-7-9-21-22(32-16)5-2-10-29-21/h6,8,12-16,21-22,29,32H,2-5,7,9-11H2,1H3,(H,30,31,33). The van der Waals surface area contributed by atoms with Crippen molar-refractivity contribution in [1.29, 1.82) is 0 Å². The number of aromatic nitrogens is 2. The molecule has 2 fully saturated rings. The number of fused-ring (bicyclic) bond motifs is 2. The zero-order chi connectivity index (χ0) is 24.2. The summed E-state index contributed by atoms with van der Waals surface area (Å²) in [6.07, 6.45) is 8.47. The molecule has 5 rings (SSSR count).